The first kappa shape index (κ1) is 33.3. The second-order valence-corrected chi connectivity index (χ2v) is 8.00. The number of likely N-dealkylation sites (N-methyl/N-ethyl adjacent to an activating group) is 1. The fourth-order valence-corrected chi connectivity index (χ4v) is 3.31. The van der Waals surface area contributed by atoms with E-state index in [-0.39, 0.29) is 30.6 Å². The van der Waals surface area contributed by atoms with E-state index in [1.807, 2.05) is 24.3 Å². The minimum absolute atomic E-state index is 0. The van der Waals surface area contributed by atoms with Gasteiger partial charge in [-0.1, -0.05) is 25.5 Å². The number of hydrogen-bond donors (Lipinski definition) is 3. The number of benzene rings is 2. The summed E-state index contributed by atoms with van der Waals surface area (Å²) in [5, 5.41) is 21.4. The smallest absolute Gasteiger partial charge is 0.119 e. The number of morpholine rings is 1. The van der Waals surface area contributed by atoms with Gasteiger partial charge in [-0.25, -0.2) is 0 Å². The van der Waals surface area contributed by atoms with Gasteiger partial charge in [0.05, 0.1) is 32.5 Å². The summed E-state index contributed by atoms with van der Waals surface area (Å²) in [5.41, 5.74) is 0.726. The quantitative estimate of drug-likeness (QED) is 0.348. The van der Waals surface area contributed by atoms with Crippen molar-refractivity contribution >= 4 is 24.8 Å². The van der Waals surface area contributed by atoms with Crippen LogP contribution in [-0.2, 0) is 4.74 Å². The Bertz CT molecular complexity index is 762. The van der Waals surface area contributed by atoms with Gasteiger partial charge >= 0.3 is 0 Å². The minimum atomic E-state index is -0.554. The van der Waals surface area contributed by atoms with Crippen LogP contribution in [0.2, 0.25) is 0 Å². The van der Waals surface area contributed by atoms with E-state index in [9.17, 15) is 5.11 Å². The number of phenols is 1. The third-order valence-electron chi connectivity index (χ3n) is 5.23. The predicted molar refractivity (Wildman–Crippen MR) is 146 cm³/mol. The van der Waals surface area contributed by atoms with E-state index in [0.717, 1.165) is 82.4 Å². The van der Waals surface area contributed by atoms with E-state index in [4.69, 9.17) is 19.3 Å². The van der Waals surface area contributed by atoms with Gasteiger partial charge in [0, 0.05) is 26.2 Å². The standard InChI is InChI=1S/C17H27NO3.C9H13NO2.2ClH/c1-2-3-12-20-16-5-7-17(8-6-16)21-13-4-9-18-10-14-19-15-11-18;1-10-6-9(12)7-3-2-4-8(11)5-7;;/h5-8H,2-4,9-15H2,1H3;2-5,9-12H,6H2,1H3;2*1H/t;9-;;/m.0../s1. The van der Waals surface area contributed by atoms with E-state index in [2.05, 4.69) is 17.1 Å². The number of aliphatic hydroxyl groups excluding tert-OH is 1. The Hall–Kier alpha value is -1.74. The van der Waals surface area contributed by atoms with Crippen LogP contribution >= 0.6 is 24.8 Å². The molecule has 7 nitrogen and oxygen atoms in total. The summed E-state index contributed by atoms with van der Waals surface area (Å²) in [6.07, 6.45) is 2.75. The Kier molecular flexibility index (Phi) is 19.4. The summed E-state index contributed by atoms with van der Waals surface area (Å²) in [4.78, 5) is 2.43. The molecule has 1 saturated heterocycles. The minimum Gasteiger partial charge on any atom is -0.508 e. The van der Waals surface area contributed by atoms with Gasteiger partial charge < -0.3 is 29.7 Å². The van der Waals surface area contributed by atoms with Crippen LogP contribution in [0.5, 0.6) is 17.2 Å². The highest BCUT2D eigenvalue weighted by molar-refractivity contribution is 5.85. The average Bonchev–Trinajstić information content (AvgIpc) is 2.84. The molecule has 1 atom stereocenters. The number of aliphatic hydroxyl groups is 1. The molecule has 0 saturated carbocycles. The van der Waals surface area contributed by atoms with Crippen LogP contribution in [0.25, 0.3) is 0 Å². The molecular weight excluding hydrogens is 491 g/mol. The van der Waals surface area contributed by atoms with Crippen molar-refractivity contribution in [2.24, 2.45) is 0 Å². The molecule has 200 valence electrons. The Morgan fingerprint density at radius 3 is 2.11 bits per heavy atom. The third-order valence-corrected chi connectivity index (χ3v) is 5.23. The summed E-state index contributed by atoms with van der Waals surface area (Å²) in [6, 6.07) is 14.6. The molecule has 2 aromatic carbocycles. The van der Waals surface area contributed by atoms with Crippen LogP contribution in [0.3, 0.4) is 0 Å². The molecule has 9 heteroatoms. The molecule has 0 aromatic heterocycles. The summed E-state index contributed by atoms with van der Waals surface area (Å²) in [5.74, 6) is 2.02. The van der Waals surface area contributed by atoms with Crippen molar-refractivity contribution < 1.29 is 24.4 Å². The highest BCUT2D eigenvalue weighted by Gasteiger charge is 2.09. The largest absolute Gasteiger partial charge is 0.508 e. The Morgan fingerprint density at radius 2 is 1.57 bits per heavy atom. The first-order valence-electron chi connectivity index (χ1n) is 11.9. The van der Waals surface area contributed by atoms with Crippen LogP contribution in [0.4, 0.5) is 0 Å². The Balaban J connectivity index is 0.000000712. The molecule has 0 bridgehead atoms. The molecule has 0 aliphatic carbocycles. The number of halogens is 2. The normalized spacial score (nSPS) is 13.9. The zero-order chi connectivity index (χ0) is 23.7. The highest BCUT2D eigenvalue weighted by Crippen LogP contribution is 2.18. The van der Waals surface area contributed by atoms with Crippen molar-refractivity contribution in [2.45, 2.75) is 32.3 Å². The van der Waals surface area contributed by atoms with Crippen molar-refractivity contribution in [3.8, 4) is 17.2 Å². The van der Waals surface area contributed by atoms with Gasteiger partial charge in [-0.2, -0.15) is 0 Å². The average molecular weight is 534 g/mol. The zero-order valence-electron chi connectivity index (χ0n) is 20.9. The molecule has 35 heavy (non-hydrogen) atoms. The van der Waals surface area contributed by atoms with Gasteiger partial charge in [0.15, 0.2) is 0 Å². The van der Waals surface area contributed by atoms with Gasteiger partial charge in [0.1, 0.15) is 17.2 Å². The Morgan fingerprint density at radius 1 is 0.971 bits per heavy atom. The van der Waals surface area contributed by atoms with Crippen LogP contribution in [0.1, 0.15) is 37.9 Å². The van der Waals surface area contributed by atoms with E-state index < -0.39 is 6.10 Å². The van der Waals surface area contributed by atoms with E-state index in [0.29, 0.717) is 6.54 Å². The number of nitrogens with one attached hydrogen (secondary N) is 1. The summed E-state index contributed by atoms with van der Waals surface area (Å²) < 4.78 is 16.7. The lowest BCUT2D eigenvalue weighted by Crippen LogP contribution is -2.37. The second-order valence-electron chi connectivity index (χ2n) is 8.00. The first-order valence-corrected chi connectivity index (χ1v) is 11.9. The lowest BCUT2D eigenvalue weighted by molar-refractivity contribution is 0.0358. The summed E-state index contributed by atoms with van der Waals surface area (Å²) in [7, 11) is 1.77. The monoisotopic (exact) mass is 532 g/mol. The van der Waals surface area contributed by atoms with Crippen molar-refractivity contribution in [3.63, 3.8) is 0 Å². The number of nitrogens with zero attached hydrogens (tertiary/aromatic N) is 1. The van der Waals surface area contributed by atoms with Gasteiger partial charge in [-0.05, 0) is 61.9 Å². The van der Waals surface area contributed by atoms with E-state index in [1.54, 1.807) is 31.3 Å². The Labute approximate surface area is 222 Å². The SMILES string of the molecule is CCCCOc1ccc(OCCCN2CCOCC2)cc1.CNC[C@H](O)c1cccc(O)c1.Cl.Cl. The van der Waals surface area contributed by atoms with Gasteiger partial charge in [0.25, 0.3) is 0 Å². The maximum Gasteiger partial charge on any atom is 0.119 e. The molecule has 1 aliphatic rings. The summed E-state index contributed by atoms with van der Waals surface area (Å²) in [6.45, 7) is 9.10. The fraction of sp³-hybridized carbons (Fsp3) is 0.538. The highest BCUT2D eigenvalue weighted by atomic mass is 35.5. The maximum absolute atomic E-state index is 9.47. The number of hydrogen-bond acceptors (Lipinski definition) is 7. The van der Waals surface area contributed by atoms with Gasteiger partial charge in [-0.15, -0.1) is 24.8 Å². The molecule has 1 fully saturated rings. The molecular formula is C26H42Cl2N2O5. The molecule has 0 unspecified atom stereocenters. The van der Waals surface area contributed by atoms with Gasteiger partial charge in [-0.3, -0.25) is 4.90 Å². The van der Waals surface area contributed by atoms with E-state index >= 15 is 0 Å². The lowest BCUT2D eigenvalue weighted by Gasteiger charge is -2.26. The molecule has 3 N–H and O–H groups in total. The van der Waals surface area contributed by atoms with Gasteiger partial charge in [0.2, 0.25) is 0 Å². The topological polar surface area (TPSA) is 83.4 Å². The third kappa shape index (κ3) is 14.4. The van der Waals surface area contributed by atoms with Crippen molar-refractivity contribution in [1.82, 2.24) is 10.2 Å². The van der Waals surface area contributed by atoms with Crippen molar-refractivity contribution in [1.29, 1.82) is 0 Å². The number of ether oxygens (including phenoxy) is 3. The second kappa shape index (κ2) is 20.5. The zero-order valence-corrected chi connectivity index (χ0v) is 22.5. The molecule has 1 aliphatic heterocycles. The molecule has 0 radical (unpaired) electrons. The predicted octanol–water partition coefficient (Wildman–Crippen LogP) is 4.46. The van der Waals surface area contributed by atoms with Crippen LogP contribution in [0, 0.1) is 0 Å². The summed E-state index contributed by atoms with van der Waals surface area (Å²) >= 11 is 0. The molecule has 2 aromatic rings. The molecule has 1 heterocycles. The van der Waals surface area contributed by atoms with Crippen LogP contribution in [0.15, 0.2) is 48.5 Å². The number of aromatic hydroxyl groups is 1. The lowest BCUT2D eigenvalue weighted by atomic mass is 10.1. The molecule has 0 spiro atoms. The molecule has 3 rings (SSSR count). The number of unbranched alkanes of at least 4 members (excludes halogenated alkanes) is 1. The van der Waals surface area contributed by atoms with Crippen LogP contribution < -0.4 is 14.8 Å². The van der Waals surface area contributed by atoms with Crippen molar-refractivity contribution in [2.75, 3.05) is 59.7 Å². The molecule has 0 amide bonds. The number of rotatable bonds is 12. The maximum atomic E-state index is 9.47. The fourth-order valence-electron chi connectivity index (χ4n) is 3.31. The van der Waals surface area contributed by atoms with E-state index in [1.165, 1.54) is 0 Å². The van der Waals surface area contributed by atoms with Crippen molar-refractivity contribution in [3.05, 3.63) is 54.1 Å². The van der Waals surface area contributed by atoms with Crippen LogP contribution in [-0.4, -0.2) is 74.8 Å². The number of phenolic OH excluding ortho intramolecular Hbond substituents is 1. The first-order chi connectivity index (χ1) is 16.1.